The Labute approximate surface area is 189 Å². The topological polar surface area (TPSA) is 32.8 Å². The summed E-state index contributed by atoms with van der Waals surface area (Å²) in [6.07, 6.45) is 0. The van der Waals surface area contributed by atoms with Gasteiger partial charge in [0, 0.05) is 0 Å². The molecule has 160 valence electrons. The third kappa shape index (κ3) is 3.63. The predicted molar refractivity (Wildman–Crippen MR) is 130 cm³/mol. The van der Waals surface area contributed by atoms with Gasteiger partial charge in [0.2, 0.25) is 0 Å². The van der Waals surface area contributed by atoms with Crippen LogP contribution in [0.4, 0.5) is 11.4 Å². The molecule has 0 aliphatic carbocycles. The summed E-state index contributed by atoms with van der Waals surface area (Å²) < 4.78 is 7.56. The van der Waals surface area contributed by atoms with Gasteiger partial charge in [-0.3, -0.25) is 0 Å². The van der Waals surface area contributed by atoms with Crippen LogP contribution in [0, 0.1) is 0 Å². The van der Waals surface area contributed by atoms with Gasteiger partial charge in [-0.15, -0.1) is 0 Å². The molecule has 0 amide bonds. The zero-order valence-electron chi connectivity index (χ0n) is 19.0. The van der Waals surface area contributed by atoms with Gasteiger partial charge in [0.25, 0.3) is 0 Å². The van der Waals surface area contributed by atoms with Gasteiger partial charge in [0.15, 0.2) is 0 Å². The van der Waals surface area contributed by atoms with Crippen molar-refractivity contribution in [2.75, 3.05) is 38.0 Å². The number of nitrogens with zero attached hydrogens (tertiary/aromatic N) is 2. The SMILES string of the molecule is CN(C)c1ccc(C2(c3ccc(N(C)C)cc3)OC(=O)c3cc([As](C)C)ccc32)cc1. The van der Waals surface area contributed by atoms with Crippen molar-refractivity contribution < 1.29 is 9.53 Å². The normalized spacial score (nSPS) is 14.4. The molecular weight excluding hydrogens is 447 g/mol. The molecular formula is C26H29AsN2O2. The van der Waals surface area contributed by atoms with Crippen molar-refractivity contribution in [1.29, 1.82) is 0 Å². The van der Waals surface area contributed by atoms with Gasteiger partial charge in [-0.25, -0.2) is 0 Å². The summed E-state index contributed by atoms with van der Waals surface area (Å²) in [7, 11) is 8.08. The molecule has 3 aromatic rings. The average molecular weight is 476 g/mol. The van der Waals surface area contributed by atoms with Crippen LogP contribution >= 0.6 is 0 Å². The molecule has 1 aliphatic rings. The number of anilines is 2. The van der Waals surface area contributed by atoms with Gasteiger partial charge >= 0.3 is 190 Å². The minimum absolute atomic E-state index is 0.249. The molecule has 4 nitrogen and oxygen atoms in total. The van der Waals surface area contributed by atoms with E-state index >= 15 is 0 Å². The van der Waals surface area contributed by atoms with E-state index in [-0.39, 0.29) is 5.97 Å². The second-order valence-corrected chi connectivity index (χ2v) is 13.4. The summed E-state index contributed by atoms with van der Waals surface area (Å²) in [4.78, 5) is 17.3. The van der Waals surface area contributed by atoms with Gasteiger partial charge in [0.05, 0.1) is 0 Å². The van der Waals surface area contributed by atoms with E-state index in [9.17, 15) is 4.79 Å². The summed E-state index contributed by atoms with van der Waals surface area (Å²) >= 11 is -1.11. The Balaban J connectivity index is 1.94. The molecule has 0 saturated heterocycles. The van der Waals surface area contributed by atoms with Crippen molar-refractivity contribution >= 4 is 36.3 Å². The monoisotopic (exact) mass is 476 g/mol. The van der Waals surface area contributed by atoms with E-state index in [0.29, 0.717) is 5.56 Å². The zero-order chi connectivity index (χ0) is 22.3. The fourth-order valence-electron chi connectivity index (χ4n) is 4.12. The fraction of sp³-hybridized carbons (Fsp3) is 0.269. The number of benzene rings is 3. The number of rotatable bonds is 5. The molecule has 0 atom stereocenters. The molecule has 0 bridgehead atoms. The number of hydrogen-bond donors (Lipinski definition) is 0. The van der Waals surface area contributed by atoms with Gasteiger partial charge < -0.3 is 0 Å². The molecule has 0 aromatic heterocycles. The Morgan fingerprint density at radius 1 is 0.742 bits per heavy atom. The Morgan fingerprint density at radius 3 is 1.65 bits per heavy atom. The quantitative estimate of drug-likeness (QED) is 0.408. The van der Waals surface area contributed by atoms with E-state index in [1.807, 2.05) is 28.2 Å². The molecule has 5 heteroatoms. The predicted octanol–water partition coefficient (Wildman–Crippen LogP) is 4.24. The van der Waals surface area contributed by atoms with Crippen LogP contribution in [0.1, 0.15) is 27.0 Å². The number of esters is 1. The van der Waals surface area contributed by atoms with Crippen LogP contribution in [0.25, 0.3) is 0 Å². The summed E-state index contributed by atoms with van der Waals surface area (Å²) in [5.74, 6) is -0.249. The Hall–Kier alpha value is -2.71. The molecule has 0 fully saturated rings. The molecule has 31 heavy (non-hydrogen) atoms. The van der Waals surface area contributed by atoms with Crippen LogP contribution < -0.4 is 14.2 Å². The van der Waals surface area contributed by atoms with Crippen molar-refractivity contribution in [3.8, 4) is 0 Å². The molecule has 3 aromatic carbocycles. The number of carbonyl (C=O) groups is 1. The van der Waals surface area contributed by atoms with Gasteiger partial charge in [-0.05, 0) is 0 Å². The van der Waals surface area contributed by atoms with E-state index in [4.69, 9.17) is 4.74 Å². The first-order valence-electron chi connectivity index (χ1n) is 10.3. The maximum absolute atomic E-state index is 13.1. The van der Waals surface area contributed by atoms with Gasteiger partial charge in [0.1, 0.15) is 0 Å². The molecule has 0 radical (unpaired) electrons. The average Bonchev–Trinajstić information content (AvgIpc) is 3.06. The van der Waals surface area contributed by atoms with Crippen LogP contribution in [0.15, 0.2) is 66.7 Å². The van der Waals surface area contributed by atoms with Crippen LogP contribution in [0.5, 0.6) is 0 Å². The third-order valence-corrected chi connectivity index (χ3v) is 8.70. The fourth-order valence-corrected chi connectivity index (χ4v) is 5.71. The first kappa shape index (κ1) is 21.5. The Bertz CT molecular complexity index is 1050. The molecule has 4 rings (SSSR count). The second kappa shape index (κ2) is 8.09. The molecule has 1 aliphatic heterocycles. The van der Waals surface area contributed by atoms with Gasteiger partial charge in [-0.1, -0.05) is 0 Å². The number of carbonyl (C=O) groups excluding carboxylic acids is 1. The van der Waals surface area contributed by atoms with E-state index < -0.39 is 20.3 Å². The second-order valence-electron chi connectivity index (χ2n) is 8.58. The summed E-state index contributed by atoms with van der Waals surface area (Å²) in [5, 5.41) is 0. The van der Waals surface area contributed by atoms with E-state index in [1.165, 1.54) is 4.35 Å². The number of hydrogen-bond acceptors (Lipinski definition) is 4. The van der Waals surface area contributed by atoms with Crippen molar-refractivity contribution in [2.45, 2.75) is 17.0 Å². The first-order chi connectivity index (χ1) is 14.7. The van der Waals surface area contributed by atoms with Crippen molar-refractivity contribution in [3.63, 3.8) is 0 Å². The summed E-state index contributed by atoms with van der Waals surface area (Å²) in [6.45, 7) is 0. The molecule has 0 N–H and O–H groups in total. The number of ether oxygens (including phenoxy) is 1. The van der Waals surface area contributed by atoms with E-state index in [1.54, 1.807) is 0 Å². The third-order valence-electron chi connectivity index (χ3n) is 5.95. The van der Waals surface area contributed by atoms with Gasteiger partial charge in [-0.2, -0.15) is 0 Å². The maximum atomic E-state index is 13.1. The standard InChI is InChI=1S/C26H29AsN2O2/c1-27(2)20-11-16-24-23(17-20)25(30)31-26(24,18-7-12-21(13-8-18)28(3)4)19-9-14-22(15-10-19)29(5)6/h7-17H,1-6H3. The van der Waals surface area contributed by atoms with E-state index in [2.05, 4.69) is 88.0 Å². The Kier molecular flexibility index (Phi) is 5.61. The van der Waals surface area contributed by atoms with Crippen molar-refractivity contribution in [1.82, 2.24) is 0 Å². The number of cyclic esters (lactones) is 1. The number of fused-ring (bicyclic) bond motifs is 1. The van der Waals surface area contributed by atoms with Crippen LogP contribution in [-0.2, 0) is 10.3 Å². The minimum atomic E-state index is -1.11. The van der Waals surface area contributed by atoms with Crippen LogP contribution in [-0.4, -0.2) is 48.8 Å². The van der Waals surface area contributed by atoms with Crippen molar-refractivity contribution in [2.24, 2.45) is 0 Å². The first-order valence-corrected chi connectivity index (χ1v) is 15.0. The van der Waals surface area contributed by atoms with Crippen LogP contribution in [0.3, 0.4) is 0 Å². The molecule has 1 heterocycles. The van der Waals surface area contributed by atoms with E-state index in [0.717, 1.165) is 28.1 Å². The zero-order valence-corrected chi connectivity index (χ0v) is 20.9. The van der Waals surface area contributed by atoms with Crippen molar-refractivity contribution in [3.05, 3.63) is 89.0 Å². The molecule has 0 saturated carbocycles. The molecule has 0 unspecified atom stereocenters. The summed E-state index contributed by atoms with van der Waals surface area (Å²) in [6, 6.07) is 22.9. The molecule has 0 spiro atoms. The Morgan fingerprint density at radius 2 is 1.23 bits per heavy atom. The van der Waals surface area contributed by atoms with Crippen LogP contribution in [0.2, 0.25) is 11.4 Å². The summed E-state index contributed by atoms with van der Waals surface area (Å²) in [5.41, 5.74) is 9.35.